The van der Waals surface area contributed by atoms with Gasteiger partial charge in [-0.3, -0.25) is 0 Å². The molecule has 4 nitrogen and oxygen atoms in total. The van der Waals surface area contributed by atoms with E-state index in [-0.39, 0.29) is 10.8 Å². The molecule has 1 unspecified atom stereocenters. The fourth-order valence-electron chi connectivity index (χ4n) is 2.75. The lowest BCUT2D eigenvalue weighted by atomic mass is 10.1. The minimum atomic E-state index is -3.47. The molecule has 0 saturated heterocycles. The minimum Gasteiger partial charge on any atom is -0.324 e. The fourth-order valence-corrected chi connectivity index (χ4v) is 4.93. The first-order valence-corrected chi connectivity index (χ1v) is 10.00. The van der Waals surface area contributed by atoms with Gasteiger partial charge >= 0.3 is 0 Å². The van der Waals surface area contributed by atoms with Crippen LogP contribution < -0.4 is 10.5 Å². The van der Waals surface area contributed by atoms with Crippen LogP contribution >= 0.6 is 11.8 Å². The fraction of sp³-hybridized carbons (Fsp3) is 0.600. The van der Waals surface area contributed by atoms with Crippen molar-refractivity contribution in [3.8, 4) is 0 Å². The summed E-state index contributed by atoms with van der Waals surface area (Å²) in [6, 6.07) is 6.70. The highest BCUT2D eigenvalue weighted by Gasteiger charge is 2.34. The summed E-state index contributed by atoms with van der Waals surface area (Å²) in [6.45, 7) is 2.35. The number of benzene rings is 1. The summed E-state index contributed by atoms with van der Waals surface area (Å²) in [4.78, 5) is 0.298. The zero-order valence-electron chi connectivity index (χ0n) is 12.6. The molecule has 1 fully saturated rings. The van der Waals surface area contributed by atoms with Crippen LogP contribution in [0.4, 0.5) is 0 Å². The monoisotopic (exact) mass is 328 g/mol. The average molecular weight is 329 g/mol. The van der Waals surface area contributed by atoms with E-state index in [4.69, 9.17) is 5.73 Å². The van der Waals surface area contributed by atoms with Crippen molar-refractivity contribution in [2.24, 2.45) is 5.73 Å². The van der Waals surface area contributed by atoms with Gasteiger partial charge in [-0.1, -0.05) is 25.0 Å². The first-order valence-electron chi connectivity index (χ1n) is 7.29. The number of thioether (sulfide) groups is 1. The molecule has 6 heteroatoms. The standard InChI is InChI=1S/C15H24N2O2S2/c1-12(16)13-6-5-7-14(10-13)21(18,19)17-11-15(20-2)8-3-4-9-15/h5-7,10,12,17H,3-4,8-9,11,16H2,1-2H3. The van der Waals surface area contributed by atoms with Crippen LogP contribution in [0.25, 0.3) is 0 Å². The van der Waals surface area contributed by atoms with E-state index in [1.165, 1.54) is 12.8 Å². The number of sulfonamides is 1. The Morgan fingerprint density at radius 3 is 2.62 bits per heavy atom. The van der Waals surface area contributed by atoms with E-state index in [1.54, 1.807) is 30.0 Å². The van der Waals surface area contributed by atoms with Crippen LogP contribution in [0.5, 0.6) is 0 Å². The van der Waals surface area contributed by atoms with Crippen LogP contribution in [0.1, 0.15) is 44.2 Å². The highest BCUT2D eigenvalue weighted by Crippen LogP contribution is 2.39. The number of hydrogen-bond acceptors (Lipinski definition) is 4. The summed E-state index contributed by atoms with van der Waals surface area (Å²) in [5.74, 6) is 0. The van der Waals surface area contributed by atoms with Gasteiger partial charge in [0.15, 0.2) is 0 Å². The van der Waals surface area contributed by atoms with E-state index in [0.717, 1.165) is 18.4 Å². The molecule has 0 bridgehead atoms. The molecule has 1 aliphatic rings. The minimum absolute atomic E-state index is 0.0613. The van der Waals surface area contributed by atoms with Crippen molar-refractivity contribution < 1.29 is 8.42 Å². The van der Waals surface area contributed by atoms with Crippen molar-refractivity contribution in [1.82, 2.24) is 4.72 Å². The third-order valence-corrected chi connectivity index (χ3v) is 7.04. The first-order chi connectivity index (χ1) is 9.88. The van der Waals surface area contributed by atoms with Crippen LogP contribution in [-0.4, -0.2) is 26.0 Å². The Bertz CT molecular complexity index is 579. The maximum absolute atomic E-state index is 12.5. The largest absolute Gasteiger partial charge is 0.324 e. The molecule has 2 rings (SSSR count). The second kappa shape index (κ2) is 6.69. The molecule has 0 amide bonds. The molecule has 0 aliphatic heterocycles. The van der Waals surface area contributed by atoms with Crippen molar-refractivity contribution in [1.29, 1.82) is 0 Å². The van der Waals surface area contributed by atoms with E-state index in [1.807, 2.05) is 13.0 Å². The first kappa shape index (κ1) is 16.8. The molecule has 0 heterocycles. The van der Waals surface area contributed by atoms with E-state index in [0.29, 0.717) is 11.4 Å². The Labute approximate surface area is 131 Å². The molecule has 1 aromatic carbocycles. The summed E-state index contributed by atoms with van der Waals surface area (Å²) in [6.07, 6.45) is 6.59. The van der Waals surface area contributed by atoms with Crippen molar-refractivity contribution in [2.45, 2.75) is 48.3 Å². The normalized spacial score (nSPS) is 19.6. The van der Waals surface area contributed by atoms with Crippen LogP contribution in [0.2, 0.25) is 0 Å². The predicted molar refractivity (Wildman–Crippen MR) is 88.9 cm³/mol. The molecule has 21 heavy (non-hydrogen) atoms. The second-order valence-corrected chi connectivity index (χ2v) is 8.82. The van der Waals surface area contributed by atoms with Crippen LogP contribution in [0, 0.1) is 0 Å². The van der Waals surface area contributed by atoms with Gasteiger partial charge in [0.25, 0.3) is 0 Å². The van der Waals surface area contributed by atoms with Crippen LogP contribution in [0.15, 0.2) is 29.2 Å². The molecule has 118 valence electrons. The van der Waals surface area contributed by atoms with Gasteiger partial charge in [0, 0.05) is 17.3 Å². The Kier molecular flexibility index (Phi) is 5.35. The molecule has 3 N–H and O–H groups in total. The molecule has 0 aromatic heterocycles. The van der Waals surface area contributed by atoms with E-state index in [2.05, 4.69) is 11.0 Å². The van der Waals surface area contributed by atoms with Gasteiger partial charge in [0.2, 0.25) is 10.0 Å². The van der Waals surface area contributed by atoms with E-state index in [9.17, 15) is 8.42 Å². The molecular formula is C15H24N2O2S2. The van der Waals surface area contributed by atoms with Gasteiger partial charge in [-0.25, -0.2) is 13.1 Å². The Morgan fingerprint density at radius 2 is 2.05 bits per heavy atom. The Morgan fingerprint density at radius 1 is 1.38 bits per heavy atom. The number of nitrogens with one attached hydrogen (secondary N) is 1. The SMILES string of the molecule is CSC1(CNS(=O)(=O)c2cccc(C(C)N)c2)CCCC1. The molecule has 1 saturated carbocycles. The zero-order chi connectivity index (χ0) is 15.5. The lowest BCUT2D eigenvalue weighted by Gasteiger charge is -2.26. The zero-order valence-corrected chi connectivity index (χ0v) is 14.3. The summed E-state index contributed by atoms with van der Waals surface area (Å²) >= 11 is 1.78. The van der Waals surface area contributed by atoms with Gasteiger partial charge in [-0.15, -0.1) is 0 Å². The predicted octanol–water partition coefficient (Wildman–Crippen LogP) is 2.66. The lowest BCUT2D eigenvalue weighted by Crippen LogP contribution is -2.38. The lowest BCUT2D eigenvalue weighted by molar-refractivity contribution is 0.551. The third-order valence-electron chi connectivity index (χ3n) is 4.23. The number of rotatable bonds is 6. The van der Waals surface area contributed by atoms with Gasteiger partial charge < -0.3 is 5.73 Å². The van der Waals surface area contributed by atoms with Crippen molar-refractivity contribution in [3.63, 3.8) is 0 Å². The molecule has 1 atom stereocenters. The van der Waals surface area contributed by atoms with Crippen molar-refractivity contribution in [3.05, 3.63) is 29.8 Å². The van der Waals surface area contributed by atoms with E-state index < -0.39 is 10.0 Å². The smallest absolute Gasteiger partial charge is 0.240 e. The molecular weight excluding hydrogens is 304 g/mol. The van der Waals surface area contributed by atoms with E-state index >= 15 is 0 Å². The Hall–Kier alpha value is -0.560. The summed E-state index contributed by atoms with van der Waals surface area (Å²) < 4.78 is 27.8. The van der Waals surface area contributed by atoms with Gasteiger partial charge in [0.05, 0.1) is 4.90 Å². The maximum Gasteiger partial charge on any atom is 0.240 e. The quantitative estimate of drug-likeness (QED) is 0.842. The third kappa shape index (κ3) is 4.00. The molecule has 0 spiro atoms. The maximum atomic E-state index is 12.5. The summed E-state index contributed by atoms with van der Waals surface area (Å²) in [7, 11) is -3.47. The Balaban J connectivity index is 2.13. The summed E-state index contributed by atoms with van der Waals surface area (Å²) in [5.41, 5.74) is 6.66. The van der Waals surface area contributed by atoms with Gasteiger partial charge in [-0.2, -0.15) is 11.8 Å². The number of nitrogens with two attached hydrogens (primary N) is 1. The van der Waals surface area contributed by atoms with Gasteiger partial charge in [0.1, 0.15) is 0 Å². The highest BCUT2D eigenvalue weighted by molar-refractivity contribution is 8.00. The van der Waals surface area contributed by atoms with Crippen molar-refractivity contribution >= 4 is 21.8 Å². The van der Waals surface area contributed by atoms with Crippen LogP contribution in [-0.2, 0) is 10.0 Å². The molecule has 0 radical (unpaired) electrons. The highest BCUT2D eigenvalue weighted by atomic mass is 32.2. The van der Waals surface area contributed by atoms with Crippen molar-refractivity contribution in [2.75, 3.05) is 12.8 Å². The summed E-state index contributed by atoms with van der Waals surface area (Å²) in [5, 5.41) is 0. The molecule has 1 aliphatic carbocycles. The topological polar surface area (TPSA) is 72.2 Å². The molecule has 1 aromatic rings. The number of hydrogen-bond donors (Lipinski definition) is 2. The second-order valence-electron chi connectivity index (χ2n) is 5.78. The average Bonchev–Trinajstić information content (AvgIpc) is 2.95. The van der Waals surface area contributed by atoms with Gasteiger partial charge in [-0.05, 0) is 43.7 Å². The van der Waals surface area contributed by atoms with Crippen LogP contribution in [0.3, 0.4) is 0 Å².